The van der Waals surface area contributed by atoms with Gasteiger partial charge < -0.3 is 15.0 Å². The van der Waals surface area contributed by atoms with Crippen LogP contribution < -0.4 is 14.4 Å². The number of methoxy groups -OCH3 is 1. The van der Waals surface area contributed by atoms with E-state index in [-0.39, 0.29) is 29.5 Å². The smallest absolute Gasteiger partial charge is 0.264 e. The molecule has 1 N–H and O–H groups in total. The van der Waals surface area contributed by atoms with Gasteiger partial charge in [0.05, 0.1) is 17.7 Å². The number of benzene rings is 4. The number of carbonyl (C=O) groups is 2. The average Bonchev–Trinajstić information content (AvgIpc) is 3.03. The summed E-state index contributed by atoms with van der Waals surface area (Å²) in [5, 5.41) is 3.04. The first-order valence-electron chi connectivity index (χ1n) is 13.7. The minimum absolute atomic E-state index is 0.0219. The van der Waals surface area contributed by atoms with Crippen molar-refractivity contribution in [2.24, 2.45) is 0 Å². The van der Waals surface area contributed by atoms with Gasteiger partial charge in [0, 0.05) is 25.0 Å². The van der Waals surface area contributed by atoms with Crippen molar-refractivity contribution in [3.63, 3.8) is 0 Å². The molecule has 0 aliphatic carbocycles. The molecule has 224 valence electrons. The number of halogens is 1. The number of ether oxygens (including phenoxy) is 1. The van der Waals surface area contributed by atoms with Crippen LogP contribution in [0.3, 0.4) is 0 Å². The highest BCUT2D eigenvalue weighted by atomic mass is 35.5. The third kappa shape index (κ3) is 7.55. The second kappa shape index (κ2) is 14.2. The second-order valence-electron chi connectivity index (χ2n) is 9.90. The van der Waals surface area contributed by atoms with E-state index in [1.54, 1.807) is 68.6 Å². The number of hydrogen-bond acceptors (Lipinski definition) is 5. The number of rotatable bonds is 12. The lowest BCUT2D eigenvalue weighted by Crippen LogP contribution is -2.53. The Hall–Kier alpha value is -4.34. The van der Waals surface area contributed by atoms with Crippen molar-refractivity contribution in [3.05, 3.63) is 125 Å². The minimum atomic E-state index is -4.21. The third-order valence-electron chi connectivity index (χ3n) is 7.12. The fourth-order valence-electron chi connectivity index (χ4n) is 4.79. The maximum absolute atomic E-state index is 14.4. The van der Waals surface area contributed by atoms with Crippen molar-refractivity contribution in [3.8, 4) is 5.75 Å². The topological polar surface area (TPSA) is 96.0 Å². The van der Waals surface area contributed by atoms with Crippen molar-refractivity contribution >= 4 is 39.1 Å². The van der Waals surface area contributed by atoms with Crippen LogP contribution in [0.2, 0.25) is 5.02 Å². The molecule has 0 fully saturated rings. The molecule has 10 heteroatoms. The normalized spacial score (nSPS) is 11.8. The van der Waals surface area contributed by atoms with E-state index in [2.05, 4.69) is 5.32 Å². The van der Waals surface area contributed by atoms with E-state index in [1.807, 2.05) is 36.4 Å². The van der Waals surface area contributed by atoms with Crippen molar-refractivity contribution in [1.82, 2.24) is 10.2 Å². The number of amides is 2. The molecule has 0 aliphatic rings. The average molecular weight is 620 g/mol. The lowest BCUT2D eigenvalue weighted by Gasteiger charge is -2.34. The predicted molar refractivity (Wildman–Crippen MR) is 169 cm³/mol. The van der Waals surface area contributed by atoms with Crippen molar-refractivity contribution in [2.75, 3.05) is 25.0 Å². The standard InChI is InChI=1S/C33H34ClN3O5S/c1-24-29(34)18-11-19-30(24)37(43(40,41)28-16-8-5-9-17-28)23-32(38)36(22-26-14-10-15-27(20-26)42-3)31(33(39)35-2)21-25-12-6-4-7-13-25/h4-20,31H,21-23H2,1-3H3,(H,35,39). The molecule has 0 spiro atoms. The summed E-state index contributed by atoms with van der Waals surface area (Å²) in [5.41, 5.74) is 2.33. The van der Waals surface area contributed by atoms with E-state index in [0.29, 0.717) is 21.9 Å². The third-order valence-corrected chi connectivity index (χ3v) is 9.31. The van der Waals surface area contributed by atoms with E-state index in [4.69, 9.17) is 16.3 Å². The number of carbonyl (C=O) groups excluding carboxylic acids is 2. The van der Waals surface area contributed by atoms with Crippen LogP contribution >= 0.6 is 11.6 Å². The molecule has 0 bridgehead atoms. The number of hydrogen-bond donors (Lipinski definition) is 1. The second-order valence-corrected chi connectivity index (χ2v) is 12.2. The molecule has 43 heavy (non-hydrogen) atoms. The van der Waals surface area contributed by atoms with E-state index in [0.717, 1.165) is 9.87 Å². The number of nitrogens with one attached hydrogen (secondary N) is 1. The van der Waals surface area contributed by atoms with Crippen LogP contribution in [0.25, 0.3) is 0 Å². The quantitative estimate of drug-likeness (QED) is 0.234. The number of anilines is 1. The fourth-order valence-corrected chi connectivity index (χ4v) is 6.45. The van der Waals surface area contributed by atoms with Gasteiger partial charge in [0.15, 0.2) is 0 Å². The summed E-state index contributed by atoms with van der Waals surface area (Å²) in [5.74, 6) is -0.352. The molecule has 8 nitrogen and oxygen atoms in total. The SMILES string of the molecule is CNC(=O)C(Cc1ccccc1)N(Cc1cccc(OC)c1)C(=O)CN(c1cccc(Cl)c1C)S(=O)(=O)c1ccccc1. The molecule has 0 radical (unpaired) electrons. The Morgan fingerprint density at radius 1 is 0.884 bits per heavy atom. The van der Waals surface area contributed by atoms with Gasteiger partial charge in [0.25, 0.3) is 10.0 Å². The van der Waals surface area contributed by atoms with E-state index < -0.39 is 28.5 Å². The first-order chi connectivity index (χ1) is 20.6. The summed E-state index contributed by atoms with van der Waals surface area (Å²) in [4.78, 5) is 29.2. The largest absolute Gasteiger partial charge is 0.497 e. The highest BCUT2D eigenvalue weighted by molar-refractivity contribution is 7.92. The van der Waals surface area contributed by atoms with Gasteiger partial charge in [-0.05, 0) is 60.0 Å². The molecule has 4 aromatic carbocycles. The molecule has 0 aliphatic heterocycles. The Morgan fingerprint density at radius 3 is 2.16 bits per heavy atom. The maximum Gasteiger partial charge on any atom is 0.264 e. The van der Waals surface area contributed by atoms with Gasteiger partial charge in [-0.1, -0.05) is 78.3 Å². The monoisotopic (exact) mass is 619 g/mol. The molecule has 0 aromatic heterocycles. The molecular formula is C33H34ClN3O5S. The Bertz CT molecular complexity index is 1670. The Labute approximate surface area is 257 Å². The summed E-state index contributed by atoms with van der Waals surface area (Å²) in [7, 11) is -1.15. The van der Waals surface area contributed by atoms with Gasteiger partial charge in [0.1, 0.15) is 18.3 Å². The Kier molecular flexibility index (Phi) is 10.4. The predicted octanol–water partition coefficient (Wildman–Crippen LogP) is 5.24. The minimum Gasteiger partial charge on any atom is -0.497 e. The molecule has 4 rings (SSSR count). The Balaban J connectivity index is 1.82. The number of sulfonamides is 1. The van der Waals surface area contributed by atoms with Crippen LogP contribution in [0, 0.1) is 6.92 Å². The first-order valence-corrected chi connectivity index (χ1v) is 15.5. The van der Waals surface area contributed by atoms with E-state index >= 15 is 0 Å². The van der Waals surface area contributed by atoms with Gasteiger partial charge in [0.2, 0.25) is 11.8 Å². The summed E-state index contributed by atoms with van der Waals surface area (Å²) in [6, 6.07) is 28.4. The van der Waals surface area contributed by atoms with Crippen LogP contribution in [0.1, 0.15) is 16.7 Å². The lowest BCUT2D eigenvalue weighted by atomic mass is 10.0. The zero-order chi connectivity index (χ0) is 31.0. The number of likely N-dealkylation sites (N-methyl/N-ethyl adjacent to an activating group) is 1. The molecule has 0 saturated carbocycles. The van der Waals surface area contributed by atoms with E-state index in [1.165, 1.54) is 24.1 Å². The molecule has 0 saturated heterocycles. The van der Waals surface area contributed by atoms with Crippen molar-refractivity contribution < 1.29 is 22.7 Å². The Morgan fingerprint density at radius 2 is 1.51 bits per heavy atom. The van der Waals surface area contributed by atoms with Crippen molar-refractivity contribution in [1.29, 1.82) is 0 Å². The summed E-state index contributed by atoms with van der Waals surface area (Å²) >= 11 is 6.41. The summed E-state index contributed by atoms with van der Waals surface area (Å²) in [6.45, 7) is 1.17. The van der Waals surface area contributed by atoms with Gasteiger partial charge in [-0.15, -0.1) is 0 Å². The maximum atomic E-state index is 14.4. The highest BCUT2D eigenvalue weighted by Crippen LogP contribution is 2.31. The van der Waals surface area contributed by atoms with Crippen LogP contribution in [-0.2, 0) is 32.6 Å². The van der Waals surface area contributed by atoms with Crippen LogP contribution in [-0.4, -0.2) is 51.9 Å². The van der Waals surface area contributed by atoms with E-state index in [9.17, 15) is 18.0 Å². The first kappa shape index (κ1) is 31.6. The zero-order valence-corrected chi connectivity index (χ0v) is 25.8. The van der Waals surface area contributed by atoms with Crippen molar-refractivity contribution in [2.45, 2.75) is 30.8 Å². The molecule has 2 amide bonds. The van der Waals surface area contributed by atoms with Crippen LogP contribution in [0.15, 0.2) is 108 Å². The molecule has 1 unspecified atom stereocenters. The summed E-state index contributed by atoms with van der Waals surface area (Å²) in [6.07, 6.45) is 0.220. The zero-order valence-electron chi connectivity index (χ0n) is 24.2. The van der Waals surface area contributed by atoms with Gasteiger partial charge in [-0.25, -0.2) is 8.42 Å². The molecule has 4 aromatic rings. The summed E-state index contributed by atoms with van der Waals surface area (Å²) < 4.78 is 34.6. The van der Waals surface area contributed by atoms with Gasteiger partial charge >= 0.3 is 0 Å². The van der Waals surface area contributed by atoms with Gasteiger partial charge in [-0.3, -0.25) is 13.9 Å². The highest BCUT2D eigenvalue weighted by Gasteiger charge is 2.35. The molecular weight excluding hydrogens is 586 g/mol. The molecule has 0 heterocycles. The van der Waals surface area contributed by atoms with Crippen LogP contribution in [0.5, 0.6) is 5.75 Å². The lowest BCUT2D eigenvalue weighted by molar-refractivity contribution is -0.139. The fraction of sp³-hybridized carbons (Fsp3) is 0.212. The van der Waals surface area contributed by atoms with Gasteiger partial charge in [-0.2, -0.15) is 0 Å². The van der Waals surface area contributed by atoms with Crippen LogP contribution in [0.4, 0.5) is 5.69 Å². The molecule has 1 atom stereocenters. The number of nitrogens with zero attached hydrogens (tertiary/aromatic N) is 2.